The summed E-state index contributed by atoms with van der Waals surface area (Å²) in [7, 11) is 0. The van der Waals surface area contributed by atoms with Crippen LogP contribution in [-0.4, -0.2) is 64.6 Å². The summed E-state index contributed by atoms with van der Waals surface area (Å²) in [5.74, 6) is -1.89. The lowest BCUT2D eigenvalue weighted by Gasteiger charge is -2.33. The fraction of sp³-hybridized carbons (Fsp3) is 0.450. The average Bonchev–Trinajstić information content (AvgIpc) is 3.09. The number of ether oxygens (including phenoxy) is 1. The summed E-state index contributed by atoms with van der Waals surface area (Å²) in [6.45, 7) is 3.94. The van der Waals surface area contributed by atoms with Crippen LogP contribution in [0.3, 0.4) is 0 Å². The van der Waals surface area contributed by atoms with Gasteiger partial charge in [0.25, 0.3) is 0 Å². The number of nitrogens with one attached hydrogen (secondary N) is 2. The number of morpholine rings is 1. The summed E-state index contributed by atoms with van der Waals surface area (Å²) in [5, 5.41) is 13.0. The minimum Gasteiger partial charge on any atom is -0.479 e. The Morgan fingerprint density at radius 3 is 2.79 bits per heavy atom. The van der Waals surface area contributed by atoms with E-state index in [9.17, 15) is 19.5 Å². The zero-order valence-corrected chi connectivity index (χ0v) is 16.0. The summed E-state index contributed by atoms with van der Waals surface area (Å²) < 4.78 is 5.20. The number of carboxylic acid groups (broad SMARTS) is 1. The van der Waals surface area contributed by atoms with Gasteiger partial charge in [-0.15, -0.1) is 0 Å². The van der Waals surface area contributed by atoms with Crippen LogP contribution in [0.15, 0.2) is 30.5 Å². The van der Waals surface area contributed by atoms with Crippen molar-refractivity contribution in [1.29, 1.82) is 0 Å². The number of nitrogens with zero attached hydrogens (tertiary/aromatic N) is 1. The molecule has 3 N–H and O–H groups in total. The van der Waals surface area contributed by atoms with Crippen LogP contribution in [-0.2, 0) is 25.5 Å². The first-order valence-corrected chi connectivity index (χ1v) is 9.35. The van der Waals surface area contributed by atoms with Gasteiger partial charge in [-0.25, -0.2) is 4.79 Å². The Hall–Kier alpha value is -2.87. The number of carbonyl (C=O) groups excluding carboxylic acids is 2. The van der Waals surface area contributed by atoms with Crippen LogP contribution in [0, 0.1) is 5.92 Å². The second-order valence-electron chi connectivity index (χ2n) is 7.26. The van der Waals surface area contributed by atoms with Gasteiger partial charge in [0.2, 0.25) is 11.8 Å². The Balaban J connectivity index is 1.82. The maximum absolute atomic E-state index is 13.1. The minimum absolute atomic E-state index is 0.0316. The van der Waals surface area contributed by atoms with Gasteiger partial charge in [0.05, 0.1) is 13.2 Å². The molecule has 150 valence electrons. The lowest BCUT2D eigenvalue weighted by molar-refractivity contribution is -0.160. The lowest BCUT2D eigenvalue weighted by Crippen LogP contribution is -2.56. The first-order valence-electron chi connectivity index (χ1n) is 9.35. The zero-order valence-electron chi connectivity index (χ0n) is 16.0. The molecule has 0 radical (unpaired) electrons. The number of para-hydroxylation sites is 1. The topological polar surface area (TPSA) is 112 Å². The molecule has 1 aromatic carbocycles. The van der Waals surface area contributed by atoms with Crippen molar-refractivity contribution in [2.24, 2.45) is 5.92 Å². The van der Waals surface area contributed by atoms with E-state index in [1.165, 1.54) is 4.90 Å². The van der Waals surface area contributed by atoms with Gasteiger partial charge in [0.15, 0.2) is 6.10 Å². The van der Waals surface area contributed by atoms with Gasteiger partial charge in [-0.3, -0.25) is 9.59 Å². The molecule has 1 aliphatic heterocycles. The van der Waals surface area contributed by atoms with Crippen molar-refractivity contribution in [2.45, 2.75) is 32.4 Å². The largest absolute Gasteiger partial charge is 0.479 e. The number of aromatic nitrogens is 1. The Bertz CT molecular complexity index is 876. The normalized spacial score (nSPS) is 18.2. The quantitative estimate of drug-likeness (QED) is 0.689. The van der Waals surface area contributed by atoms with E-state index in [0.29, 0.717) is 13.0 Å². The molecule has 0 aliphatic carbocycles. The molecule has 8 nitrogen and oxygen atoms in total. The molecule has 1 aliphatic rings. The van der Waals surface area contributed by atoms with Crippen LogP contribution >= 0.6 is 0 Å². The number of benzene rings is 1. The van der Waals surface area contributed by atoms with Gasteiger partial charge in [-0.05, 0) is 11.6 Å². The van der Waals surface area contributed by atoms with Gasteiger partial charge in [0.1, 0.15) is 6.04 Å². The predicted molar refractivity (Wildman–Crippen MR) is 103 cm³/mol. The summed E-state index contributed by atoms with van der Waals surface area (Å²) in [4.78, 5) is 41.3. The van der Waals surface area contributed by atoms with Crippen molar-refractivity contribution in [1.82, 2.24) is 15.2 Å². The number of H-pyrrole nitrogens is 1. The molecule has 1 saturated heterocycles. The zero-order chi connectivity index (χ0) is 20.3. The van der Waals surface area contributed by atoms with Crippen molar-refractivity contribution in [3.8, 4) is 0 Å². The van der Waals surface area contributed by atoms with Gasteiger partial charge in [-0.1, -0.05) is 32.0 Å². The number of hydrogen-bond acceptors (Lipinski definition) is 4. The van der Waals surface area contributed by atoms with Crippen LogP contribution in [0.1, 0.15) is 19.4 Å². The Morgan fingerprint density at radius 2 is 2.07 bits per heavy atom. The summed E-state index contributed by atoms with van der Waals surface area (Å²) in [6, 6.07) is 6.97. The average molecular weight is 387 g/mol. The van der Waals surface area contributed by atoms with E-state index in [1.54, 1.807) is 13.8 Å². The molecule has 1 fully saturated rings. The third kappa shape index (κ3) is 4.33. The van der Waals surface area contributed by atoms with Crippen LogP contribution in [0.25, 0.3) is 10.9 Å². The second kappa shape index (κ2) is 8.43. The smallest absolute Gasteiger partial charge is 0.334 e. The van der Waals surface area contributed by atoms with Crippen molar-refractivity contribution < 1.29 is 24.2 Å². The standard InChI is InChI=1S/C20H25N3O5/c1-12(2)18(24)22-16(9-13-10-21-15-6-4-3-5-14(13)15)19(25)23-7-8-28-17(11-23)20(26)27/h3-6,10,12,16-17,21H,7-9,11H2,1-2H3,(H,22,24)(H,26,27). The highest BCUT2D eigenvalue weighted by Gasteiger charge is 2.33. The number of fused-ring (bicyclic) bond motifs is 1. The maximum atomic E-state index is 13.1. The fourth-order valence-corrected chi connectivity index (χ4v) is 3.28. The predicted octanol–water partition coefficient (Wildman–Crippen LogP) is 1.16. The van der Waals surface area contributed by atoms with Gasteiger partial charge < -0.3 is 25.0 Å². The Morgan fingerprint density at radius 1 is 1.32 bits per heavy atom. The third-order valence-electron chi connectivity index (χ3n) is 4.89. The van der Waals surface area contributed by atoms with Gasteiger partial charge in [0, 0.05) is 36.0 Å². The van der Waals surface area contributed by atoms with Crippen LogP contribution in [0.2, 0.25) is 0 Å². The molecule has 0 bridgehead atoms. The summed E-state index contributed by atoms with van der Waals surface area (Å²) in [6.07, 6.45) is 1.11. The second-order valence-corrected chi connectivity index (χ2v) is 7.26. The first-order chi connectivity index (χ1) is 13.4. The van der Waals surface area contributed by atoms with Crippen LogP contribution in [0.4, 0.5) is 0 Å². The van der Waals surface area contributed by atoms with Crippen molar-refractivity contribution >= 4 is 28.7 Å². The lowest BCUT2D eigenvalue weighted by atomic mass is 10.0. The summed E-state index contributed by atoms with van der Waals surface area (Å²) >= 11 is 0. The van der Waals surface area contributed by atoms with Gasteiger partial charge in [-0.2, -0.15) is 0 Å². The Kier molecular flexibility index (Phi) is 5.99. The maximum Gasteiger partial charge on any atom is 0.334 e. The first kappa shape index (κ1) is 19.9. The van der Waals surface area contributed by atoms with E-state index in [-0.39, 0.29) is 30.9 Å². The van der Waals surface area contributed by atoms with E-state index in [0.717, 1.165) is 16.5 Å². The number of rotatable bonds is 6. The van der Waals surface area contributed by atoms with Crippen molar-refractivity contribution in [3.05, 3.63) is 36.0 Å². The molecular weight excluding hydrogens is 362 g/mol. The van der Waals surface area contributed by atoms with E-state index < -0.39 is 18.1 Å². The highest BCUT2D eigenvalue weighted by molar-refractivity contribution is 5.90. The number of carbonyl (C=O) groups is 3. The molecule has 0 spiro atoms. The van der Waals surface area contributed by atoms with Crippen molar-refractivity contribution in [3.63, 3.8) is 0 Å². The van der Waals surface area contributed by atoms with Crippen molar-refractivity contribution in [2.75, 3.05) is 19.7 Å². The van der Waals surface area contributed by atoms with Gasteiger partial charge >= 0.3 is 5.97 Å². The van der Waals surface area contributed by atoms with E-state index in [2.05, 4.69) is 10.3 Å². The number of aromatic amines is 1. The molecule has 2 heterocycles. The number of aliphatic carboxylic acids is 1. The third-order valence-corrected chi connectivity index (χ3v) is 4.89. The van der Waals surface area contributed by atoms with Crippen LogP contribution < -0.4 is 5.32 Å². The number of hydrogen-bond donors (Lipinski definition) is 3. The minimum atomic E-state index is -1.10. The molecule has 1 aromatic heterocycles. The molecule has 8 heteroatoms. The molecule has 2 aromatic rings. The summed E-state index contributed by atoms with van der Waals surface area (Å²) in [5.41, 5.74) is 1.87. The monoisotopic (exact) mass is 387 g/mol. The molecule has 28 heavy (non-hydrogen) atoms. The van der Waals surface area contributed by atoms with Crippen LogP contribution in [0.5, 0.6) is 0 Å². The molecular formula is C20H25N3O5. The SMILES string of the molecule is CC(C)C(=O)NC(Cc1c[nH]c2ccccc12)C(=O)N1CCOC(C(=O)O)C1. The van der Waals surface area contributed by atoms with E-state index in [1.807, 2.05) is 30.5 Å². The van der Waals surface area contributed by atoms with E-state index >= 15 is 0 Å². The molecule has 2 amide bonds. The molecule has 2 unspecified atom stereocenters. The number of carboxylic acids is 1. The highest BCUT2D eigenvalue weighted by Crippen LogP contribution is 2.20. The van der Waals surface area contributed by atoms with E-state index in [4.69, 9.17) is 4.74 Å². The highest BCUT2D eigenvalue weighted by atomic mass is 16.5. The fourth-order valence-electron chi connectivity index (χ4n) is 3.28. The molecule has 2 atom stereocenters. The number of amides is 2. The Labute approximate surface area is 162 Å². The molecule has 0 saturated carbocycles. The molecule has 3 rings (SSSR count).